The predicted molar refractivity (Wildman–Crippen MR) is 99.5 cm³/mol. The van der Waals surface area contributed by atoms with Gasteiger partial charge < -0.3 is 15.3 Å². The van der Waals surface area contributed by atoms with E-state index in [-0.39, 0.29) is 12.5 Å². The first-order valence-electron chi connectivity index (χ1n) is 9.10. The maximum atomic E-state index is 11.8. The van der Waals surface area contributed by atoms with Crippen molar-refractivity contribution in [1.29, 1.82) is 0 Å². The Morgan fingerprint density at radius 2 is 2.15 bits per heavy atom. The van der Waals surface area contributed by atoms with Crippen LogP contribution in [0.2, 0.25) is 0 Å². The summed E-state index contributed by atoms with van der Waals surface area (Å²) in [5, 5.41) is 12.3. The second-order valence-corrected chi connectivity index (χ2v) is 6.44. The van der Waals surface area contributed by atoms with E-state index in [2.05, 4.69) is 10.3 Å². The number of aliphatic hydroxyl groups excluding tert-OH is 1. The summed E-state index contributed by atoms with van der Waals surface area (Å²) in [6.07, 6.45) is 5.23. The molecule has 3 heterocycles. The summed E-state index contributed by atoms with van der Waals surface area (Å²) in [4.78, 5) is 27.3. The van der Waals surface area contributed by atoms with E-state index in [1.54, 1.807) is 13.1 Å². The van der Waals surface area contributed by atoms with Gasteiger partial charge in [0.1, 0.15) is 11.5 Å². The molecular formula is C19H25N5O2. The second-order valence-electron chi connectivity index (χ2n) is 6.44. The molecule has 1 aliphatic rings. The van der Waals surface area contributed by atoms with E-state index in [9.17, 15) is 4.79 Å². The van der Waals surface area contributed by atoms with Crippen molar-refractivity contribution >= 4 is 11.7 Å². The Labute approximate surface area is 153 Å². The van der Waals surface area contributed by atoms with Gasteiger partial charge in [-0.3, -0.25) is 9.78 Å². The minimum atomic E-state index is 0.0622. The van der Waals surface area contributed by atoms with Crippen molar-refractivity contribution in [2.45, 2.75) is 39.2 Å². The average molecular weight is 355 g/mol. The Hall–Kier alpha value is -2.54. The van der Waals surface area contributed by atoms with Gasteiger partial charge in [-0.25, -0.2) is 9.97 Å². The number of nitrogens with zero attached hydrogens (tertiary/aromatic N) is 4. The molecule has 0 radical (unpaired) electrons. The number of pyridine rings is 1. The maximum Gasteiger partial charge on any atom is 0.219 e. The highest BCUT2D eigenvalue weighted by molar-refractivity contribution is 5.74. The quantitative estimate of drug-likeness (QED) is 0.739. The van der Waals surface area contributed by atoms with Crippen LogP contribution in [-0.4, -0.2) is 50.6 Å². The number of unbranched alkanes of at least 4 members (excludes halogenated alkanes) is 2. The van der Waals surface area contributed by atoms with Crippen LogP contribution in [0.25, 0.3) is 11.5 Å². The zero-order chi connectivity index (χ0) is 18.4. The second kappa shape index (κ2) is 8.71. The SMILES string of the molecule is CC(=O)N1CCc2c(nc(-c3ccccn3)nc2NCCCCCO)C1. The monoisotopic (exact) mass is 355 g/mol. The van der Waals surface area contributed by atoms with E-state index in [4.69, 9.17) is 15.1 Å². The van der Waals surface area contributed by atoms with Crippen molar-refractivity contribution < 1.29 is 9.90 Å². The van der Waals surface area contributed by atoms with Gasteiger partial charge in [0.05, 0.1) is 12.2 Å². The van der Waals surface area contributed by atoms with Gasteiger partial charge in [-0.2, -0.15) is 0 Å². The Balaban J connectivity index is 1.86. The Morgan fingerprint density at radius 1 is 1.27 bits per heavy atom. The highest BCUT2D eigenvalue weighted by Crippen LogP contribution is 2.26. The molecule has 2 N–H and O–H groups in total. The van der Waals surface area contributed by atoms with Crippen molar-refractivity contribution in [3.05, 3.63) is 35.7 Å². The topological polar surface area (TPSA) is 91.2 Å². The van der Waals surface area contributed by atoms with E-state index in [0.717, 1.165) is 55.0 Å². The molecule has 0 fully saturated rings. The number of aromatic nitrogens is 3. The van der Waals surface area contributed by atoms with Gasteiger partial charge in [-0.1, -0.05) is 6.07 Å². The summed E-state index contributed by atoms with van der Waals surface area (Å²) in [5.41, 5.74) is 2.70. The molecule has 138 valence electrons. The molecule has 0 atom stereocenters. The average Bonchev–Trinajstić information content (AvgIpc) is 2.67. The third-order valence-electron chi connectivity index (χ3n) is 4.53. The molecule has 2 aromatic heterocycles. The van der Waals surface area contributed by atoms with Crippen molar-refractivity contribution in [1.82, 2.24) is 19.9 Å². The molecule has 7 nitrogen and oxygen atoms in total. The van der Waals surface area contributed by atoms with Crippen LogP contribution in [0.15, 0.2) is 24.4 Å². The Morgan fingerprint density at radius 3 is 2.88 bits per heavy atom. The number of carbonyl (C=O) groups is 1. The van der Waals surface area contributed by atoms with E-state index in [1.165, 1.54) is 0 Å². The number of hydrogen-bond donors (Lipinski definition) is 2. The molecule has 1 aliphatic heterocycles. The molecule has 0 aromatic carbocycles. The van der Waals surface area contributed by atoms with E-state index < -0.39 is 0 Å². The molecule has 0 saturated heterocycles. The summed E-state index contributed by atoms with van der Waals surface area (Å²) in [6.45, 7) is 3.81. The lowest BCUT2D eigenvalue weighted by Gasteiger charge is -2.28. The molecule has 26 heavy (non-hydrogen) atoms. The molecule has 7 heteroatoms. The molecule has 0 unspecified atom stereocenters. The van der Waals surface area contributed by atoms with E-state index in [1.807, 2.05) is 23.1 Å². The number of nitrogens with one attached hydrogen (secondary N) is 1. The van der Waals surface area contributed by atoms with Crippen LogP contribution >= 0.6 is 0 Å². The summed E-state index contributed by atoms with van der Waals surface area (Å²) in [6, 6.07) is 5.66. The third-order valence-corrected chi connectivity index (χ3v) is 4.53. The molecule has 1 amide bonds. The summed E-state index contributed by atoms with van der Waals surface area (Å²) in [7, 11) is 0. The van der Waals surface area contributed by atoms with Crippen LogP contribution in [0.5, 0.6) is 0 Å². The van der Waals surface area contributed by atoms with E-state index in [0.29, 0.717) is 18.9 Å². The van der Waals surface area contributed by atoms with Crippen molar-refractivity contribution in [3.63, 3.8) is 0 Å². The van der Waals surface area contributed by atoms with Gasteiger partial charge in [0, 0.05) is 38.4 Å². The van der Waals surface area contributed by atoms with Gasteiger partial charge in [0.2, 0.25) is 5.91 Å². The van der Waals surface area contributed by atoms with Crippen LogP contribution in [0, 0.1) is 0 Å². The molecule has 0 bridgehead atoms. The fourth-order valence-electron chi connectivity index (χ4n) is 3.08. The summed E-state index contributed by atoms with van der Waals surface area (Å²) >= 11 is 0. The van der Waals surface area contributed by atoms with Gasteiger partial charge in [0.25, 0.3) is 0 Å². The summed E-state index contributed by atoms with van der Waals surface area (Å²) < 4.78 is 0. The van der Waals surface area contributed by atoms with Crippen LogP contribution in [0.3, 0.4) is 0 Å². The highest BCUT2D eigenvalue weighted by Gasteiger charge is 2.24. The van der Waals surface area contributed by atoms with Crippen LogP contribution < -0.4 is 5.32 Å². The first-order chi connectivity index (χ1) is 12.7. The van der Waals surface area contributed by atoms with Crippen molar-refractivity contribution in [2.24, 2.45) is 0 Å². The molecule has 3 rings (SSSR count). The minimum absolute atomic E-state index is 0.0622. The van der Waals surface area contributed by atoms with Gasteiger partial charge in [0.15, 0.2) is 5.82 Å². The van der Waals surface area contributed by atoms with Gasteiger partial charge in [-0.15, -0.1) is 0 Å². The number of hydrogen-bond acceptors (Lipinski definition) is 6. The highest BCUT2D eigenvalue weighted by atomic mass is 16.2. The molecule has 0 spiro atoms. The molecule has 0 aliphatic carbocycles. The fourth-order valence-corrected chi connectivity index (χ4v) is 3.08. The van der Waals surface area contributed by atoms with Crippen LogP contribution in [0.1, 0.15) is 37.4 Å². The van der Waals surface area contributed by atoms with Crippen LogP contribution in [-0.2, 0) is 17.8 Å². The smallest absolute Gasteiger partial charge is 0.219 e. The first-order valence-corrected chi connectivity index (χ1v) is 9.10. The Kier molecular flexibility index (Phi) is 6.12. The normalized spacial score (nSPS) is 13.4. The minimum Gasteiger partial charge on any atom is -0.396 e. The fraction of sp³-hybridized carbons (Fsp3) is 0.474. The molecule has 2 aromatic rings. The van der Waals surface area contributed by atoms with Gasteiger partial charge >= 0.3 is 0 Å². The predicted octanol–water partition coefficient (Wildman–Crippen LogP) is 2.02. The lowest BCUT2D eigenvalue weighted by Crippen LogP contribution is -2.35. The van der Waals surface area contributed by atoms with Crippen LogP contribution in [0.4, 0.5) is 5.82 Å². The van der Waals surface area contributed by atoms with Crippen molar-refractivity contribution in [3.8, 4) is 11.5 Å². The number of amides is 1. The number of fused-ring (bicyclic) bond motifs is 1. The lowest BCUT2D eigenvalue weighted by atomic mass is 10.0. The third kappa shape index (κ3) is 4.35. The Bertz CT molecular complexity index is 751. The van der Waals surface area contributed by atoms with Crippen molar-refractivity contribution in [2.75, 3.05) is 25.0 Å². The van der Waals surface area contributed by atoms with E-state index >= 15 is 0 Å². The number of rotatable bonds is 7. The number of carbonyl (C=O) groups excluding carboxylic acids is 1. The lowest BCUT2D eigenvalue weighted by molar-refractivity contribution is -0.129. The maximum absolute atomic E-state index is 11.8. The summed E-state index contributed by atoms with van der Waals surface area (Å²) in [5.74, 6) is 1.47. The largest absolute Gasteiger partial charge is 0.396 e. The van der Waals surface area contributed by atoms with Gasteiger partial charge in [-0.05, 0) is 37.8 Å². The molecular weight excluding hydrogens is 330 g/mol. The first kappa shape index (κ1) is 18.3. The number of anilines is 1. The number of aliphatic hydroxyl groups is 1. The molecule has 0 saturated carbocycles. The zero-order valence-electron chi connectivity index (χ0n) is 15.1. The zero-order valence-corrected chi connectivity index (χ0v) is 15.1. The standard InChI is InChI=1S/C19H25N5O2/c1-14(26)24-11-8-15-17(13-24)22-19(16-7-3-5-9-20-16)23-18(15)21-10-4-2-6-12-25/h3,5,7,9,25H,2,4,6,8,10-13H2,1H3,(H,21,22,23).